The van der Waals surface area contributed by atoms with E-state index in [2.05, 4.69) is 69.1 Å². The van der Waals surface area contributed by atoms with E-state index in [-0.39, 0.29) is 28.3 Å². The SMILES string of the molecule is CO[C@]12CC[C@@]3(C[C@@H]1[C@](C)(O)C(C)(C)C)[C@H]1Cc4ccc(OCc5ccccc5)c5c4[C@@]3(CCN1C)[C@H]2O5. The Kier molecular flexibility index (Phi) is 5.10. The van der Waals surface area contributed by atoms with E-state index in [1.165, 1.54) is 11.1 Å². The first kappa shape index (κ1) is 24.9. The van der Waals surface area contributed by atoms with Gasteiger partial charge in [-0.15, -0.1) is 0 Å². The molecule has 4 fully saturated rings. The van der Waals surface area contributed by atoms with Crippen molar-refractivity contribution in [3.05, 3.63) is 59.2 Å². The summed E-state index contributed by atoms with van der Waals surface area (Å²) in [5.41, 5.74) is 2.14. The summed E-state index contributed by atoms with van der Waals surface area (Å²) in [4.78, 5) is 2.61. The summed E-state index contributed by atoms with van der Waals surface area (Å²) < 4.78 is 20.4. The van der Waals surface area contributed by atoms with Crippen molar-refractivity contribution >= 4 is 0 Å². The Labute approximate surface area is 227 Å². The van der Waals surface area contributed by atoms with Crippen LogP contribution in [0.3, 0.4) is 0 Å². The van der Waals surface area contributed by atoms with Crippen LogP contribution in [0.15, 0.2) is 42.5 Å². The zero-order valence-electron chi connectivity index (χ0n) is 23.8. The topological polar surface area (TPSA) is 51.2 Å². The number of methoxy groups -OCH3 is 1. The fraction of sp³-hybridized carbons (Fsp3) is 0.636. The molecule has 204 valence electrons. The first-order chi connectivity index (χ1) is 18.0. The summed E-state index contributed by atoms with van der Waals surface area (Å²) in [7, 11) is 4.17. The van der Waals surface area contributed by atoms with Crippen molar-refractivity contribution in [3.63, 3.8) is 0 Å². The Hall–Kier alpha value is -2.08. The molecule has 6 aliphatic rings. The highest BCUT2D eigenvalue weighted by Gasteiger charge is 2.82. The van der Waals surface area contributed by atoms with Gasteiger partial charge in [0.2, 0.25) is 0 Å². The molecule has 2 spiro atoms. The maximum absolute atomic E-state index is 12.3. The molecule has 5 nitrogen and oxygen atoms in total. The van der Waals surface area contributed by atoms with Gasteiger partial charge in [-0.05, 0) is 75.2 Å². The molecule has 4 bridgehead atoms. The van der Waals surface area contributed by atoms with Crippen molar-refractivity contribution in [1.82, 2.24) is 4.90 Å². The summed E-state index contributed by atoms with van der Waals surface area (Å²) in [5.74, 6) is 1.76. The maximum atomic E-state index is 12.3. The van der Waals surface area contributed by atoms with Crippen LogP contribution in [0, 0.1) is 16.7 Å². The van der Waals surface area contributed by atoms with Gasteiger partial charge in [0.15, 0.2) is 11.5 Å². The number of ether oxygens (including phenoxy) is 3. The molecule has 3 saturated carbocycles. The number of aliphatic hydroxyl groups is 1. The van der Waals surface area contributed by atoms with Crippen LogP contribution in [0.5, 0.6) is 11.5 Å². The van der Waals surface area contributed by atoms with Crippen molar-refractivity contribution in [2.24, 2.45) is 16.7 Å². The van der Waals surface area contributed by atoms with Crippen LogP contribution in [-0.2, 0) is 23.2 Å². The number of fused-ring (bicyclic) bond motifs is 2. The number of likely N-dealkylation sites (N-methyl/N-ethyl adjacent to an activating group) is 1. The van der Waals surface area contributed by atoms with Gasteiger partial charge in [0.1, 0.15) is 18.3 Å². The molecular weight excluding hydrogens is 474 g/mol. The van der Waals surface area contributed by atoms with Gasteiger partial charge < -0.3 is 24.2 Å². The standard InChI is InChI=1S/C33H43NO4/c1-29(2,3)30(4,35)24-19-31-14-15-33(24,36-6)28-32(31)16-17-34(5)25(31)18-22-12-13-23(27(38-28)26(22)32)37-20-21-10-8-7-9-11-21/h7-13,24-25,28,35H,14-20H2,1-6H3/t24-,25-,28-,30+,31-,32+,33-/m1/s1. The Morgan fingerprint density at radius 3 is 2.53 bits per heavy atom. The summed E-state index contributed by atoms with van der Waals surface area (Å²) in [6.07, 6.45) is 4.95. The molecule has 2 heterocycles. The quantitative estimate of drug-likeness (QED) is 0.567. The van der Waals surface area contributed by atoms with E-state index < -0.39 is 11.2 Å². The van der Waals surface area contributed by atoms with E-state index in [1.54, 1.807) is 0 Å². The molecule has 7 atom stereocenters. The van der Waals surface area contributed by atoms with E-state index in [9.17, 15) is 5.11 Å². The minimum atomic E-state index is -0.907. The third kappa shape index (κ3) is 2.78. The van der Waals surface area contributed by atoms with Crippen LogP contribution in [-0.4, -0.2) is 54.1 Å². The molecule has 0 radical (unpaired) electrons. The fourth-order valence-electron chi connectivity index (χ4n) is 9.70. The van der Waals surface area contributed by atoms with Crippen LogP contribution in [0.1, 0.15) is 70.1 Å². The number of hydrogen-bond acceptors (Lipinski definition) is 5. The molecular formula is C33H43NO4. The average Bonchev–Trinajstić information content (AvgIpc) is 3.27. The number of likely N-dealkylation sites (tertiary alicyclic amines) is 1. The van der Waals surface area contributed by atoms with Crippen LogP contribution in [0.25, 0.3) is 0 Å². The second-order valence-electron chi connectivity index (χ2n) is 14.1. The minimum absolute atomic E-state index is 0.0228. The summed E-state index contributed by atoms with van der Waals surface area (Å²) in [5, 5.41) is 12.3. The zero-order chi connectivity index (χ0) is 26.7. The van der Waals surface area contributed by atoms with Gasteiger partial charge >= 0.3 is 0 Å². The maximum Gasteiger partial charge on any atom is 0.166 e. The number of hydrogen-bond donors (Lipinski definition) is 1. The highest BCUT2D eigenvalue weighted by Crippen LogP contribution is 2.77. The molecule has 5 heteroatoms. The smallest absolute Gasteiger partial charge is 0.166 e. The van der Waals surface area contributed by atoms with Crippen LogP contribution in [0.4, 0.5) is 0 Å². The molecule has 2 aliphatic heterocycles. The molecule has 0 aromatic heterocycles. The van der Waals surface area contributed by atoms with E-state index >= 15 is 0 Å². The lowest BCUT2D eigenvalue weighted by molar-refractivity contribution is -0.311. The van der Waals surface area contributed by atoms with E-state index in [0.717, 1.165) is 55.7 Å². The predicted octanol–water partition coefficient (Wildman–Crippen LogP) is 5.51. The minimum Gasteiger partial charge on any atom is -0.485 e. The van der Waals surface area contributed by atoms with Gasteiger partial charge in [-0.2, -0.15) is 0 Å². The molecule has 0 unspecified atom stereocenters. The van der Waals surface area contributed by atoms with E-state index in [4.69, 9.17) is 14.2 Å². The van der Waals surface area contributed by atoms with Crippen molar-refractivity contribution in [1.29, 1.82) is 0 Å². The Bertz CT molecular complexity index is 1270. The first-order valence-electron chi connectivity index (χ1n) is 14.5. The molecule has 0 amide bonds. The molecule has 1 N–H and O–H groups in total. The lowest BCUT2D eigenvalue weighted by Crippen LogP contribution is -2.83. The monoisotopic (exact) mass is 517 g/mol. The van der Waals surface area contributed by atoms with Crippen molar-refractivity contribution < 1.29 is 19.3 Å². The molecule has 4 aliphatic carbocycles. The average molecular weight is 518 g/mol. The zero-order valence-corrected chi connectivity index (χ0v) is 23.8. The largest absolute Gasteiger partial charge is 0.485 e. The van der Waals surface area contributed by atoms with Gasteiger partial charge in [-0.1, -0.05) is 57.2 Å². The highest BCUT2D eigenvalue weighted by molar-refractivity contribution is 5.63. The summed E-state index contributed by atoms with van der Waals surface area (Å²) in [6.45, 7) is 10.1. The Morgan fingerprint density at radius 2 is 1.82 bits per heavy atom. The predicted molar refractivity (Wildman–Crippen MR) is 148 cm³/mol. The van der Waals surface area contributed by atoms with Crippen LogP contribution < -0.4 is 9.47 Å². The summed E-state index contributed by atoms with van der Waals surface area (Å²) >= 11 is 0. The first-order valence-corrected chi connectivity index (χ1v) is 14.5. The molecule has 1 saturated heterocycles. The number of piperidine rings is 1. The van der Waals surface area contributed by atoms with Gasteiger partial charge in [0, 0.05) is 35.5 Å². The Balaban J connectivity index is 1.41. The van der Waals surface area contributed by atoms with Gasteiger partial charge in [0.05, 0.1) is 5.60 Å². The normalized spacial score (nSPS) is 38.3. The third-order valence-electron chi connectivity index (χ3n) is 12.0. The van der Waals surface area contributed by atoms with Gasteiger partial charge in [-0.3, -0.25) is 0 Å². The molecule has 8 rings (SSSR count). The highest BCUT2D eigenvalue weighted by atomic mass is 16.6. The van der Waals surface area contributed by atoms with Gasteiger partial charge in [-0.25, -0.2) is 0 Å². The molecule has 2 aromatic carbocycles. The van der Waals surface area contributed by atoms with E-state index in [1.807, 2.05) is 20.1 Å². The second-order valence-corrected chi connectivity index (χ2v) is 14.1. The van der Waals surface area contributed by atoms with Crippen LogP contribution >= 0.6 is 0 Å². The van der Waals surface area contributed by atoms with Crippen molar-refractivity contribution in [2.45, 2.75) is 95.2 Å². The van der Waals surface area contributed by atoms with Crippen molar-refractivity contribution in [2.75, 3.05) is 20.7 Å². The number of rotatable bonds is 5. The van der Waals surface area contributed by atoms with Gasteiger partial charge in [0.25, 0.3) is 0 Å². The lowest BCUT2D eigenvalue weighted by atomic mass is 9.33. The fourth-order valence-corrected chi connectivity index (χ4v) is 9.70. The molecule has 38 heavy (non-hydrogen) atoms. The number of benzene rings is 2. The Morgan fingerprint density at radius 1 is 1.05 bits per heavy atom. The van der Waals surface area contributed by atoms with Crippen LogP contribution in [0.2, 0.25) is 0 Å². The van der Waals surface area contributed by atoms with E-state index in [0.29, 0.717) is 12.6 Å². The van der Waals surface area contributed by atoms with Crippen molar-refractivity contribution in [3.8, 4) is 11.5 Å². The second kappa shape index (κ2) is 7.77. The number of nitrogens with zero attached hydrogens (tertiary/aromatic N) is 1. The lowest BCUT2D eigenvalue weighted by Gasteiger charge is -2.75. The summed E-state index contributed by atoms with van der Waals surface area (Å²) in [6, 6.07) is 15.2. The molecule has 2 aromatic rings. The third-order valence-corrected chi connectivity index (χ3v) is 12.0.